The van der Waals surface area contributed by atoms with Crippen LogP contribution in [0.4, 0.5) is 0 Å². The maximum Gasteiger partial charge on any atom is 0.0685 e. The molecular formula is C12H18ClNO. The summed E-state index contributed by atoms with van der Waals surface area (Å²) in [7, 11) is 0. The summed E-state index contributed by atoms with van der Waals surface area (Å²) in [4.78, 5) is 3.93. The third kappa shape index (κ3) is 3.18. The molecule has 0 radical (unpaired) electrons. The second-order valence-corrected chi connectivity index (χ2v) is 4.72. The number of aliphatic hydroxyl groups is 1. The molecule has 15 heavy (non-hydrogen) atoms. The van der Waals surface area contributed by atoms with Gasteiger partial charge in [-0.25, -0.2) is 0 Å². The van der Waals surface area contributed by atoms with E-state index >= 15 is 0 Å². The lowest BCUT2D eigenvalue weighted by Crippen LogP contribution is -2.35. The topological polar surface area (TPSA) is 33.1 Å². The zero-order valence-corrected chi connectivity index (χ0v) is 10.3. The van der Waals surface area contributed by atoms with Crippen LogP contribution in [0, 0.1) is 5.92 Å². The Kier molecular flexibility index (Phi) is 4.12. The largest absolute Gasteiger partial charge is 0.390 e. The molecular weight excluding hydrogens is 210 g/mol. The third-order valence-corrected chi connectivity index (χ3v) is 3.42. The Morgan fingerprint density at radius 3 is 2.80 bits per heavy atom. The Labute approximate surface area is 96.3 Å². The molecule has 0 saturated heterocycles. The molecule has 0 aliphatic rings. The minimum Gasteiger partial charge on any atom is -0.390 e. The first-order valence-electron chi connectivity index (χ1n) is 5.28. The monoisotopic (exact) mass is 227 g/mol. The predicted molar refractivity (Wildman–Crippen MR) is 63.0 cm³/mol. The smallest absolute Gasteiger partial charge is 0.0685 e. The third-order valence-electron chi connectivity index (χ3n) is 3.08. The SMILES string of the molecule is CCC(C)C(C)(O)Cc1ccncc1Cl. The number of rotatable bonds is 4. The van der Waals surface area contributed by atoms with Gasteiger partial charge in [-0.05, 0) is 24.5 Å². The number of aromatic nitrogens is 1. The molecule has 2 unspecified atom stereocenters. The van der Waals surface area contributed by atoms with Gasteiger partial charge in [0.05, 0.1) is 10.6 Å². The van der Waals surface area contributed by atoms with Crippen molar-refractivity contribution >= 4 is 11.6 Å². The molecule has 3 heteroatoms. The Morgan fingerprint density at radius 1 is 1.60 bits per heavy atom. The van der Waals surface area contributed by atoms with Gasteiger partial charge in [-0.1, -0.05) is 31.9 Å². The Bertz CT molecular complexity index is 325. The van der Waals surface area contributed by atoms with Crippen molar-refractivity contribution in [3.05, 3.63) is 29.0 Å². The van der Waals surface area contributed by atoms with E-state index in [4.69, 9.17) is 11.6 Å². The van der Waals surface area contributed by atoms with Crippen molar-refractivity contribution in [3.63, 3.8) is 0 Å². The average molecular weight is 228 g/mol. The van der Waals surface area contributed by atoms with E-state index in [2.05, 4.69) is 18.8 Å². The lowest BCUT2D eigenvalue weighted by atomic mass is 9.84. The highest BCUT2D eigenvalue weighted by molar-refractivity contribution is 6.31. The normalized spacial score (nSPS) is 17.1. The van der Waals surface area contributed by atoms with Gasteiger partial charge in [0, 0.05) is 18.8 Å². The van der Waals surface area contributed by atoms with Crippen LogP contribution in [-0.4, -0.2) is 15.7 Å². The van der Waals surface area contributed by atoms with Crippen LogP contribution in [0.2, 0.25) is 5.02 Å². The molecule has 0 saturated carbocycles. The summed E-state index contributed by atoms with van der Waals surface area (Å²) in [5, 5.41) is 10.9. The molecule has 0 fully saturated rings. The van der Waals surface area contributed by atoms with E-state index < -0.39 is 5.60 Å². The van der Waals surface area contributed by atoms with Crippen molar-refractivity contribution in [3.8, 4) is 0 Å². The zero-order valence-electron chi connectivity index (χ0n) is 9.50. The highest BCUT2D eigenvalue weighted by Crippen LogP contribution is 2.27. The van der Waals surface area contributed by atoms with Gasteiger partial charge in [0.15, 0.2) is 0 Å². The number of hydrogen-bond donors (Lipinski definition) is 1. The second kappa shape index (κ2) is 4.95. The molecule has 0 aromatic carbocycles. The fourth-order valence-corrected chi connectivity index (χ4v) is 1.73. The molecule has 0 bridgehead atoms. The highest BCUT2D eigenvalue weighted by atomic mass is 35.5. The zero-order chi connectivity index (χ0) is 11.5. The van der Waals surface area contributed by atoms with E-state index in [0.29, 0.717) is 11.4 Å². The lowest BCUT2D eigenvalue weighted by Gasteiger charge is -2.30. The number of hydrogen-bond acceptors (Lipinski definition) is 2. The molecule has 2 nitrogen and oxygen atoms in total. The standard InChI is InChI=1S/C12H18ClNO/c1-4-9(2)12(3,15)7-10-5-6-14-8-11(10)13/h5-6,8-9,15H,4,7H2,1-3H3. The molecule has 1 N–H and O–H groups in total. The van der Waals surface area contributed by atoms with Crippen molar-refractivity contribution in [2.45, 2.75) is 39.2 Å². The van der Waals surface area contributed by atoms with Crippen LogP contribution < -0.4 is 0 Å². The summed E-state index contributed by atoms with van der Waals surface area (Å²) in [6.07, 6.45) is 4.84. The van der Waals surface area contributed by atoms with Crippen LogP contribution in [-0.2, 0) is 6.42 Å². The van der Waals surface area contributed by atoms with Gasteiger partial charge >= 0.3 is 0 Å². The maximum absolute atomic E-state index is 10.3. The molecule has 1 heterocycles. The first kappa shape index (κ1) is 12.5. The summed E-state index contributed by atoms with van der Waals surface area (Å²) >= 11 is 6.00. The van der Waals surface area contributed by atoms with Gasteiger partial charge in [-0.3, -0.25) is 4.98 Å². The molecule has 1 aromatic rings. The van der Waals surface area contributed by atoms with Gasteiger partial charge in [0.1, 0.15) is 0 Å². The number of nitrogens with zero attached hydrogens (tertiary/aromatic N) is 1. The molecule has 84 valence electrons. The lowest BCUT2D eigenvalue weighted by molar-refractivity contribution is 0.00517. The van der Waals surface area contributed by atoms with E-state index in [1.165, 1.54) is 0 Å². The van der Waals surface area contributed by atoms with E-state index in [1.54, 1.807) is 12.4 Å². The Balaban J connectivity index is 2.81. The minimum absolute atomic E-state index is 0.252. The second-order valence-electron chi connectivity index (χ2n) is 4.31. The molecule has 0 aliphatic heterocycles. The van der Waals surface area contributed by atoms with Gasteiger partial charge in [-0.15, -0.1) is 0 Å². The first-order chi connectivity index (χ1) is 6.97. The minimum atomic E-state index is -0.709. The summed E-state index contributed by atoms with van der Waals surface area (Å²) in [5.41, 5.74) is 0.247. The molecule has 1 rings (SSSR count). The van der Waals surface area contributed by atoms with E-state index in [1.807, 2.05) is 13.0 Å². The van der Waals surface area contributed by atoms with Gasteiger partial charge < -0.3 is 5.11 Å². The summed E-state index contributed by atoms with van der Waals surface area (Å²) < 4.78 is 0. The van der Waals surface area contributed by atoms with Crippen LogP contribution in [0.1, 0.15) is 32.8 Å². The van der Waals surface area contributed by atoms with E-state index in [9.17, 15) is 5.11 Å². The van der Waals surface area contributed by atoms with Crippen molar-refractivity contribution in [1.82, 2.24) is 4.98 Å². The first-order valence-corrected chi connectivity index (χ1v) is 5.66. The van der Waals surface area contributed by atoms with Crippen molar-refractivity contribution in [1.29, 1.82) is 0 Å². The molecule has 1 aromatic heterocycles. The summed E-state index contributed by atoms with van der Waals surface area (Å²) in [5.74, 6) is 0.252. The van der Waals surface area contributed by atoms with Crippen LogP contribution in [0.25, 0.3) is 0 Å². The van der Waals surface area contributed by atoms with Crippen LogP contribution in [0.5, 0.6) is 0 Å². The fraction of sp³-hybridized carbons (Fsp3) is 0.583. The molecule has 0 amide bonds. The van der Waals surface area contributed by atoms with Crippen molar-refractivity contribution in [2.24, 2.45) is 5.92 Å². The Hall–Kier alpha value is -0.600. The molecule has 2 atom stereocenters. The quantitative estimate of drug-likeness (QED) is 0.858. The average Bonchev–Trinajstić information content (AvgIpc) is 2.20. The predicted octanol–water partition coefficient (Wildman–Crippen LogP) is 3.07. The summed E-state index contributed by atoms with van der Waals surface area (Å²) in [6, 6.07) is 1.86. The molecule has 0 spiro atoms. The molecule has 0 aliphatic carbocycles. The highest BCUT2D eigenvalue weighted by Gasteiger charge is 2.27. The van der Waals surface area contributed by atoms with Gasteiger partial charge in [-0.2, -0.15) is 0 Å². The fourth-order valence-electron chi connectivity index (χ4n) is 1.55. The number of halogens is 1. The number of pyridine rings is 1. The summed E-state index contributed by atoms with van der Waals surface area (Å²) in [6.45, 7) is 5.99. The van der Waals surface area contributed by atoms with Gasteiger partial charge in [0.2, 0.25) is 0 Å². The van der Waals surface area contributed by atoms with E-state index in [-0.39, 0.29) is 5.92 Å². The van der Waals surface area contributed by atoms with Crippen LogP contribution in [0.3, 0.4) is 0 Å². The van der Waals surface area contributed by atoms with Crippen LogP contribution >= 0.6 is 11.6 Å². The van der Waals surface area contributed by atoms with Crippen molar-refractivity contribution < 1.29 is 5.11 Å². The maximum atomic E-state index is 10.3. The van der Waals surface area contributed by atoms with Gasteiger partial charge in [0.25, 0.3) is 0 Å². The van der Waals surface area contributed by atoms with E-state index in [0.717, 1.165) is 12.0 Å². The van der Waals surface area contributed by atoms with Crippen molar-refractivity contribution in [2.75, 3.05) is 0 Å². The Morgan fingerprint density at radius 2 is 2.27 bits per heavy atom. The van der Waals surface area contributed by atoms with Crippen LogP contribution in [0.15, 0.2) is 18.5 Å².